The normalized spacial score (nSPS) is 15.5. The van der Waals surface area contributed by atoms with E-state index in [0.29, 0.717) is 6.54 Å². The second-order valence-corrected chi connectivity index (χ2v) is 7.10. The summed E-state index contributed by atoms with van der Waals surface area (Å²) in [5.74, 6) is 0.937. The number of aromatic nitrogens is 3. The van der Waals surface area contributed by atoms with Crippen LogP contribution in [0, 0.1) is 13.8 Å². The first-order chi connectivity index (χ1) is 12.5. The molecule has 1 aliphatic rings. The van der Waals surface area contributed by atoms with Crippen LogP contribution in [0.25, 0.3) is 5.82 Å². The monoisotopic (exact) mass is 356 g/mol. The molecule has 140 valence electrons. The molecule has 0 aromatic carbocycles. The molecule has 0 atom stereocenters. The SMILES string of the molecule is Cc1nn(-c2ccccn2)c(C)c1N1CCN(CC(=O)NC(C)C)CC1. The van der Waals surface area contributed by atoms with Crippen LogP contribution < -0.4 is 10.2 Å². The summed E-state index contributed by atoms with van der Waals surface area (Å²) in [5, 5.41) is 7.65. The van der Waals surface area contributed by atoms with Gasteiger partial charge in [-0.25, -0.2) is 9.67 Å². The molecule has 0 bridgehead atoms. The lowest BCUT2D eigenvalue weighted by Crippen LogP contribution is -2.50. The molecule has 1 N–H and O–H groups in total. The Morgan fingerprint density at radius 1 is 1.19 bits per heavy atom. The summed E-state index contributed by atoms with van der Waals surface area (Å²) < 4.78 is 1.91. The molecule has 3 heterocycles. The van der Waals surface area contributed by atoms with Crippen molar-refractivity contribution in [2.75, 3.05) is 37.6 Å². The van der Waals surface area contributed by atoms with E-state index in [1.807, 2.05) is 43.7 Å². The maximum Gasteiger partial charge on any atom is 0.234 e. The number of nitrogens with one attached hydrogen (secondary N) is 1. The molecule has 0 unspecified atom stereocenters. The number of hydrogen-bond donors (Lipinski definition) is 1. The molecule has 1 aliphatic heterocycles. The molecule has 3 rings (SSSR count). The molecule has 7 nitrogen and oxygen atoms in total. The van der Waals surface area contributed by atoms with Gasteiger partial charge in [0.05, 0.1) is 23.6 Å². The average molecular weight is 356 g/mol. The summed E-state index contributed by atoms with van der Waals surface area (Å²) in [6.07, 6.45) is 1.78. The van der Waals surface area contributed by atoms with Gasteiger partial charge in [0.15, 0.2) is 5.82 Å². The lowest BCUT2D eigenvalue weighted by Gasteiger charge is -2.36. The molecular weight excluding hydrogens is 328 g/mol. The number of carbonyl (C=O) groups is 1. The van der Waals surface area contributed by atoms with Crippen LogP contribution in [0.15, 0.2) is 24.4 Å². The Morgan fingerprint density at radius 2 is 1.92 bits per heavy atom. The van der Waals surface area contributed by atoms with Gasteiger partial charge < -0.3 is 10.2 Å². The Balaban J connectivity index is 1.67. The molecule has 1 amide bonds. The maximum absolute atomic E-state index is 12.0. The minimum Gasteiger partial charge on any atom is -0.366 e. The number of carbonyl (C=O) groups excluding carboxylic acids is 1. The topological polar surface area (TPSA) is 66.3 Å². The van der Waals surface area contributed by atoms with Crippen LogP contribution in [-0.4, -0.2) is 64.3 Å². The fraction of sp³-hybridized carbons (Fsp3) is 0.526. The number of anilines is 1. The first-order valence-corrected chi connectivity index (χ1v) is 9.20. The van der Waals surface area contributed by atoms with Gasteiger partial charge in [-0.05, 0) is 39.8 Å². The van der Waals surface area contributed by atoms with Crippen molar-refractivity contribution in [3.63, 3.8) is 0 Å². The van der Waals surface area contributed by atoms with E-state index >= 15 is 0 Å². The van der Waals surface area contributed by atoms with E-state index in [-0.39, 0.29) is 11.9 Å². The van der Waals surface area contributed by atoms with Crippen molar-refractivity contribution in [3.05, 3.63) is 35.8 Å². The van der Waals surface area contributed by atoms with Crippen molar-refractivity contribution < 1.29 is 4.79 Å². The molecule has 2 aromatic heterocycles. The quantitative estimate of drug-likeness (QED) is 0.880. The van der Waals surface area contributed by atoms with Gasteiger partial charge in [0, 0.05) is 38.4 Å². The van der Waals surface area contributed by atoms with Gasteiger partial charge in [0.1, 0.15) is 0 Å². The zero-order valence-electron chi connectivity index (χ0n) is 16.1. The van der Waals surface area contributed by atoms with Gasteiger partial charge in [-0.3, -0.25) is 9.69 Å². The third kappa shape index (κ3) is 4.04. The van der Waals surface area contributed by atoms with Crippen LogP contribution in [0.4, 0.5) is 5.69 Å². The zero-order valence-corrected chi connectivity index (χ0v) is 16.1. The van der Waals surface area contributed by atoms with Crippen LogP contribution in [0.1, 0.15) is 25.2 Å². The maximum atomic E-state index is 12.0. The summed E-state index contributed by atoms with van der Waals surface area (Å²) >= 11 is 0. The minimum absolute atomic E-state index is 0.101. The Hall–Kier alpha value is -2.41. The van der Waals surface area contributed by atoms with E-state index < -0.39 is 0 Å². The molecular formula is C19H28N6O. The minimum atomic E-state index is 0.101. The van der Waals surface area contributed by atoms with Crippen molar-refractivity contribution in [1.29, 1.82) is 0 Å². The molecule has 1 saturated heterocycles. The highest BCUT2D eigenvalue weighted by Crippen LogP contribution is 2.27. The zero-order chi connectivity index (χ0) is 18.7. The van der Waals surface area contributed by atoms with Gasteiger partial charge in [-0.15, -0.1) is 0 Å². The lowest BCUT2D eigenvalue weighted by molar-refractivity contribution is -0.122. The summed E-state index contributed by atoms with van der Waals surface area (Å²) in [5.41, 5.74) is 3.30. The van der Waals surface area contributed by atoms with Gasteiger partial charge >= 0.3 is 0 Å². The standard InChI is InChI=1S/C19H28N6O/c1-14(2)21-18(26)13-23-9-11-24(12-10-23)19-15(3)22-25(16(19)4)17-7-5-6-8-20-17/h5-8,14H,9-13H2,1-4H3,(H,21,26). The summed E-state index contributed by atoms with van der Waals surface area (Å²) in [7, 11) is 0. The van der Waals surface area contributed by atoms with Crippen molar-refractivity contribution in [3.8, 4) is 5.82 Å². The molecule has 2 aromatic rings. The third-order valence-corrected chi connectivity index (χ3v) is 4.62. The van der Waals surface area contributed by atoms with E-state index in [2.05, 4.69) is 27.0 Å². The summed E-state index contributed by atoms with van der Waals surface area (Å²) in [6.45, 7) is 12.1. The second-order valence-electron chi connectivity index (χ2n) is 7.10. The Bertz CT molecular complexity index is 747. The molecule has 1 fully saturated rings. The van der Waals surface area contributed by atoms with Crippen LogP contribution in [0.5, 0.6) is 0 Å². The number of rotatable bonds is 5. The first-order valence-electron chi connectivity index (χ1n) is 9.20. The summed E-state index contributed by atoms with van der Waals surface area (Å²) in [4.78, 5) is 20.9. The van der Waals surface area contributed by atoms with Gasteiger partial charge in [-0.2, -0.15) is 5.10 Å². The molecule has 0 radical (unpaired) electrons. The van der Waals surface area contributed by atoms with Crippen LogP contribution in [-0.2, 0) is 4.79 Å². The predicted molar refractivity (Wildman–Crippen MR) is 103 cm³/mol. The van der Waals surface area contributed by atoms with Crippen LogP contribution in [0.3, 0.4) is 0 Å². The van der Waals surface area contributed by atoms with Crippen molar-refractivity contribution in [2.45, 2.75) is 33.7 Å². The molecule has 0 spiro atoms. The largest absolute Gasteiger partial charge is 0.366 e. The molecule has 26 heavy (non-hydrogen) atoms. The van der Waals surface area contributed by atoms with Crippen molar-refractivity contribution >= 4 is 11.6 Å². The highest BCUT2D eigenvalue weighted by Gasteiger charge is 2.24. The fourth-order valence-corrected chi connectivity index (χ4v) is 3.49. The second kappa shape index (κ2) is 7.86. The number of nitrogens with zero attached hydrogens (tertiary/aromatic N) is 5. The third-order valence-electron chi connectivity index (χ3n) is 4.62. The van der Waals surface area contributed by atoms with Crippen LogP contribution >= 0.6 is 0 Å². The average Bonchev–Trinajstić information content (AvgIpc) is 2.90. The van der Waals surface area contributed by atoms with Gasteiger partial charge in [0.25, 0.3) is 0 Å². The molecule has 7 heteroatoms. The van der Waals surface area contributed by atoms with Crippen molar-refractivity contribution in [1.82, 2.24) is 25.0 Å². The predicted octanol–water partition coefficient (Wildman–Crippen LogP) is 1.53. The van der Waals surface area contributed by atoms with E-state index in [4.69, 9.17) is 5.10 Å². The Morgan fingerprint density at radius 3 is 2.54 bits per heavy atom. The number of aryl methyl sites for hydroxylation is 1. The van der Waals surface area contributed by atoms with Gasteiger partial charge in [-0.1, -0.05) is 6.07 Å². The van der Waals surface area contributed by atoms with Crippen LogP contribution in [0.2, 0.25) is 0 Å². The number of piperazine rings is 1. The Labute approximate surface area is 155 Å². The Kier molecular flexibility index (Phi) is 5.56. The summed E-state index contributed by atoms with van der Waals surface area (Å²) in [6, 6.07) is 6.03. The van der Waals surface area contributed by atoms with E-state index in [9.17, 15) is 4.79 Å². The fourth-order valence-electron chi connectivity index (χ4n) is 3.49. The molecule has 0 saturated carbocycles. The number of pyridine rings is 1. The lowest BCUT2D eigenvalue weighted by atomic mass is 10.2. The van der Waals surface area contributed by atoms with E-state index in [0.717, 1.165) is 43.4 Å². The van der Waals surface area contributed by atoms with Crippen molar-refractivity contribution in [2.24, 2.45) is 0 Å². The van der Waals surface area contributed by atoms with E-state index in [1.165, 1.54) is 5.69 Å². The first kappa shape index (κ1) is 18.4. The smallest absolute Gasteiger partial charge is 0.234 e. The highest BCUT2D eigenvalue weighted by atomic mass is 16.2. The number of hydrogen-bond acceptors (Lipinski definition) is 5. The highest BCUT2D eigenvalue weighted by molar-refractivity contribution is 5.78. The van der Waals surface area contributed by atoms with Gasteiger partial charge in [0.2, 0.25) is 5.91 Å². The van der Waals surface area contributed by atoms with E-state index in [1.54, 1.807) is 6.20 Å². The molecule has 0 aliphatic carbocycles. The number of amides is 1.